The van der Waals surface area contributed by atoms with Crippen molar-refractivity contribution in [3.8, 4) is 5.75 Å². The Labute approximate surface area is 86.6 Å². The van der Waals surface area contributed by atoms with E-state index in [0.717, 1.165) is 15.8 Å². The average molecular weight is 253 g/mol. The maximum Gasteiger partial charge on any atom is 0.124 e. The Balaban J connectivity index is 0.00000121. The second-order valence-corrected chi connectivity index (χ2v) is 3.08. The lowest BCUT2D eigenvalue weighted by Gasteiger charge is -2.05. The van der Waals surface area contributed by atoms with Crippen molar-refractivity contribution in [2.45, 2.75) is 6.54 Å². The van der Waals surface area contributed by atoms with Crippen LogP contribution in [0, 0.1) is 0 Å². The molecular weight excluding hydrogens is 241 g/mol. The Morgan fingerprint density at radius 2 is 2.17 bits per heavy atom. The van der Waals surface area contributed by atoms with Gasteiger partial charge >= 0.3 is 0 Å². The Morgan fingerprint density at radius 3 is 2.67 bits per heavy atom. The molecule has 2 nitrogen and oxygen atoms in total. The number of hydrogen-bond acceptors (Lipinski definition) is 2. The summed E-state index contributed by atoms with van der Waals surface area (Å²) in [5.41, 5.74) is 6.50. The van der Waals surface area contributed by atoms with Crippen molar-refractivity contribution in [2.75, 3.05) is 7.11 Å². The van der Waals surface area contributed by atoms with Crippen LogP contribution < -0.4 is 10.5 Å². The zero-order valence-electron chi connectivity index (χ0n) is 6.71. The van der Waals surface area contributed by atoms with Gasteiger partial charge in [-0.3, -0.25) is 0 Å². The van der Waals surface area contributed by atoms with Gasteiger partial charge in [-0.1, -0.05) is 22.0 Å². The minimum atomic E-state index is 0. The van der Waals surface area contributed by atoms with E-state index in [9.17, 15) is 0 Å². The fraction of sp³-hybridized carbons (Fsp3) is 0.250. The van der Waals surface area contributed by atoms with E-state index in [1.807, 2.05) is 18.2 Å². The van der Waals surface area contributed by atoms with Gasteiger partial charge in [-0.25, -0.2) is 0 Å². The molecule has 0 spiro atoms. The van der Waals surface area contributed by atoms with Gasteiger partial charge < -0.3 is 10.5 Å². The quantitative estimate of drug-likeness (QED) is 0.877. The number of halogens is 2. The lowest BCUT2D eigenvalue weighted by molar-refractivity contribution is 0.409. The lowest BCUT2D eigenvalue weighted by atomic mass is 10.2. The highest BCUT2D eigenvalue weighted by molar-refractivity contribution is 9.10. The first-order chi connectivity index (χ1) is 5.27. The standard InChI is InChI=1S/C8H10BrNO.ClH/c1-11-8-4-7(9)3-2-6(8)5-10;/h2-4H,5,10H2,1H3;1H. The first-order valence-electron chi connectivity index (χ1n) is 3.30. The molecule has 0 aliphatic carbocycles. The van der Waals surface area contributed by atoms with Crippen LogP contribution in [0.25, 0.3) is 0 Å². The molecule has 68 valence electrons. The molecule has 1 rings (SSSR count). The smallest absolute Gasteiger partial charge is 0.124 e. The summed E-state index contributed by atoms with van der Waals surface area (Å²) in [6.07, 6.45) is 0. The summed E-state index contributed by atoms with van der Waals surface area (Å²) in [6.45, 7) is 0.510. The van der Waals surface area contributed by atoms with Gasteiger partial charge in [0.2, 0.25) is 0 Å². The third-order valence-electron chi connectivity index (χ3n) is 1.47. The summed E-state index contributed by atoms with van der Waals surface area (Å²) in [4.78, 5) is 0. The van der Waals surface area contributed by atoms with Crippen LogP contribution in [0.4, 0.5) is 0 Å². The number of nitrogens with two attached hydrogens (primary N) is 1. The molecule has 0 unspecified atom stereocenters. The first kappa shape index (κ1) is 11.8. The van der Waals surface area contributed by atoms with E-state index in [-0.39, 0.29) is 12.4 Å². The van der Waals surface area contributed by atoms with Gasteiger partial charge in [0.15, 0.2) is 0 Å². The maximum absolute atomic E-state index is 5.48. The molecule has 1 aromatic rings. The van der Waals surface area contributed by atoms with E-state index in [1.54, 1.807) is 7.11 Å². The van der Waals surface area contributed by atoms with Crippen molar-refractivity contribution in [1.82, 2.24) is 0 Å². The average Bonchev–Trinajstić information content (AvgIpc) is 2.04. The Morgan fingerprint density at radius 1 is 1.50 bits per heavy atom. The first-order valence-corrected chi connectivity index (χ1v) is 4.09. The van der Waals surface area contributed by atoms with Crippen molar-refractivity contribution in [1.29, 1.82) is 0 Å². The normalized spacial score (nSPS) is 8.92. The van der Waals surface area contributed by atoms with Crippen LogP contribution >= 0.6 is 28.3 Å². The van der Waals surface area contributed by atoms with Crippen molar-refractivity contribution >= 4 is 28.3 Å². The number of rotatable bonds is 2. The molecule has 0 bridgehead atoms. The van der Waals surface area contributed by atoms with E-state index in [4.69, 9.17) is 10.5 Å². The zero-order valence-corrected chi connectivity index (χ0v) is 9.11. The van der Waals surface area contributed by atoms with E-state index >= 15 is 0 Å². The molecular formula is C8H11BrClNO. The molecule has 0 aliphatic heterocycles. The molecule has 12 heavy (non-hydrogen) atoms. The summed E-state index contributed by atoms with van der Waals surface area (Å²) < 4.78 is 6.11. The van der Waals surface area contributed by atoms with Gasteiger partial charge in [-0.05, 0) is 12.1 Å². The van der Waals surface area contributed by atoms with Crippen molar-refractivity contribution in [3.63, 3.8) is 0 Å². The van der Waals surface area contributed by atoms with E-state index in [0.29, 0.717) is 6.54 Å². The maximum atomic E-state index is 5.48. The zero-order chi connectivity index (χ0) is 8.27. The van der Waals surface area contributed by atoms with Crippen molar-refractivity contribution in [3.05, 3.63) is 28.2 Å². The third kappa shape index (κ3) is 2.66. The minimum Gasteiger partial charge on any atom is -0.496 e. The van der Waals surface area contributed by atoms with Gasteiger partial charge in [-0.2, -0.15) is 0 Å². The van der Waals surface area contributed by atoms with Gasteiger partial charge in [0.05, 0.1) is 7.11 Å². The van der Waals surface area contributed by atoms with Crippen LogP contribution in [0.3, 0.4) is 0 Å². The SMILES string of the molecule is COc1cc(Br)ccc1CN.Cl. The largest absolute Gasteiger partial charge is 0.496 e. The van der Waals surface area contributed by atoms with Crippen LogP contribution in [0.1, 0.15) is 5.56 Å². The molecule has 4 heteroatoms. The topological polar surface area (TPSA) is 35.2 Å². The molecule has 0 amide bonds. The third-order valence-corrected chi connectivity index (χ3v) is 1.96. The highest BCUT2D eigenvalue weighted by atomic mass is 79.9. The predicted octanol–water partition coefficient (Wildman–Crippen LogP) is 2.34. The summed E-state index contributed by atoms with van der Waals surface area (Å²) in [7, 11) is 1.64. The van der Waals surface area contributed by atoms with Crippen LogP contribution in [0.5, 0.6) is 5.75 Å². The second kappa shape index (κ2) is 5.41. The van der Waals surface area contributed by atoms with E-state index < -0.39 is 0 Å². The van der Waals surface area contributed by atoms with Gasteiger partial charge in [0.25, 0.3) is 0 Å². The minimum absolute atomic E-state index is 0. The number of methoxy groups -OCH3 is 1. The van der Waals surface area contributed by atoms with Gasteiger partial charge in [0.1, 0.15) is 5.75 Å². The number of ether oxygens (including phenoxy) is 1. The Hall–Kier alpha value is -0.250. The number of hydrogen-bond donors (Lipinski definition) is 1. The highest BCUT2D eigenvalue weighted by Crippen LogP contribution is 2.22. The summed E-state index contributed by atoms with van der Waals surface area (Å²) in [5, 5.41) is 0. The molecule has 0 fully saturated rings. The van der Waals surface area contributed by atoms with Crippen LogP contribution in [-0.2, 0) is 6.54 Å². The van der Waals surface area contributed by atoms with E-state index in [2.05, 4.69) is 15.9 Å². The van der Waals surface area contributed by atoms with E-state index in [1.165, 1.54) is 0 Å². The van der Waals surface area contributed by atoms with Crippen LogP contribution in [0.2, 0.25) is 0 Å². The summed E-state index contributed by atoms with van der Waals surface area (Å²) >= 11 is 3.35. The molecule has 0 saturated heterocycles. The van der Waals surface area contributed by atoms with Gasteiger partial charge in [0, 0.05) is 16.6 Å². The van der Waals surface area contributed by atoms with Crippen molar-refractivity contribution < 1.29 is 4.74 Å². The molecule has 1 aromatic carbocycles. The highest BCUT2D eigenvalue weighted by Gasteiger charge is 1.99. The molecule has 0 radical (unpaired) electrons. The summed E-state index contributed by atoms with van der Waals surface area (Å²) in [6, 6.07) is 5.80. The molecule has 0 aliphatic rings. The van der Waals surface area contributed by atoms with Crippen LogP contribution in [-0.4, -0.2) is 7.11 Å². The second-order valence-electron chi connectivity index (χ2n) is 2.16. The Kier molecular flexibility index (Phi) is 5.29. The summed E-state index contributed by atoms with van der Waals surface area (Å²) in [5.74, 6) is 0.835. The van der Waals surface area contributed by atoms with Crippen LogP contribution in [0.15, 0.2) is 22.7 Å². The molecule has 2 N–H and O–H groups in total. The predicted molar refractivity (Wildman–Crippen MR) is 55.8 cm³/mol. The molecule has 0 aromatic heterocycles. The lowest BCUT2D eigenvalue weighted by Crippen LogP contribution is -1.99. The molecule has 0 heterocycles. The number of benzene rings is 1. The fourth-order valence-corrected chi connectivity index (χ4v) is 1.23. The fourth-order valence-electron chi connectivity index (χ4n) is 0.887. The monoisotopic (exact) mass is 251 g/mol. The Bertz CT molecular complexity index is 255. The molecule has 0 saturated carbocycles. The van der Waals surface area contributed by atoms with Gasteiger partial charge in [-0.15, -0.1) is 12.4 Å². The van der Waals surface area contributed by atoms with Crippen molar-refractivity contribution in [2.24, 2.45) is 5.73 Å². The molecule has 0 atom stereocenters.